The molecule has 0 saturated carbocycles. The molecule has 0 radical (unpaired) electrons. The van der Waals surface area contributed by atoms with E-state index in [2.05, 4.69) is 43.9 Å². The third-order valence-corrected chi connectivity index (χ3v) is 4.82. The molecule has 0 aliphatic rings. The Labute approximate surface area is 125 Å². The topological polar surface area (TPSA) is 34.9 Å². The summed E-state index contributed by atoms with van der Waals surface area (Å²) in [4.78, 5) is 11.8. The Morgan fingerprint density at radius 2 is 1.72 bits per heavy atom. The molecule has 0 amide bonds. The third kappa shape index (κ3) is 5.22. The fourth-order valence-electron chi connectivity index (χ4n) is 1.82. The monoisotopic (exact) mass is 378 g/mol. The van der Waals surface area contributed by atoms with E-state index in [-0.39, 0.29) is 5.56 Å². The van der Waals surface area contributed by atoms with E-state index in [0.717, 1.165) is 6.42 Å². The maximum Gasteiger partial charge on any atom is 0.282 e. The summed E-state index contributed by atoms with van der Waals surface area (Å²) >= 11 is 6.54. The smallest absolute Gasteiger partial charge is 0.266 e. The van der Waals surface area contributed by atoms with Crippen LogP contribution in [-0.4, -0.2) is 9.78 Å². The largest absolute Gasteiger partial charge is 0.282 e. The van der Waals surface area contributed by atoms with Gasteiger partial charge in [-0.05, 0) is 38.3 Å². The zero-order chi connectivity index (χ0) is 13.4. The van der Waals surface area contributed by atoms with Crippen molar-refractivity contribution in [3.05, 3.63) is 25.5 Å². The van der Waals surface area contributed by atoms with E-state index >= 15 is 0 Å². The summed E-state index contributed by atoms with van der Waals surface area (Å²) in [6, 6.07) is 0. The number of aromatic nitrogens is 2. The van der Waals surface area contributed by atoms with Gasteiger partial charge in [0.2, 0.25) is 0 Å². The van der Waals surface area contributed by atoms with Crippen LogP contribution < -0.4 is 5.56 Å². The van der Waals surface area contributed by atoms with Crippen molar-refractivity contribution >= 4 is 31.9 Å². The van der Waals surface area contributed by atoms with Crippen LogP contribution in [0.3, 0.4) is 0 Å². The minimum atomic E-state index is -0.0599. The first kappa shape index (κ1) is 15.9. The van der Waals surface area contributed by atoms with Crippen LogP contribution in [0.2, 0.25) is 0 Å². The summed E-state index contributed by atoms with van der Waals surface area (Å²) in [6.07, 6.45) is 10.4. The number of rotatable bonds is 8. The van der Waals surface area contributed by atoms with Gasteiger partial charge < -0.3 is 0 Å². The highest BCUT2D eigenvalue weighted by molar-refractivity contribution is 9.13. The van der Waals surface area contributed by atoms with E-state index in [0.29, 0.717) is 15.5 Å². The highest BCUT2D eigenvalue weighted by atomic mass is 79.9. The lowest BCUT2D eigenvalue weighted by molar-refractivity contribution is 0.504. The molecule has 1 aromatic rings. The fourth-order valence-corrected chi connectivity index (χ4v) is 2.39. The predicted molar refractivity (Wildman–Crippen MR) is 81.9 cm³/mol. The van der Waals surface area contributed by atoms with E-state index in [9.17, 15) is 4.79 Å². The summed E-state index contributed by atoms with van der Waals surface area (Å²) in [5.74, 6) is 0. The second-order valence-electron chi connectivity index (χ2n) is 4.46. The molecule has 0 aromatic carbocycles. The molecule has 0 N–H and O–H groups in total. The number of nitrogens with zero attached hydrogens (tertiary/aromatic N) is 2. The van der Waals surface area contributed by atoms with Crippen LogP contribution >= 0.6 is 31.9 Å². The van der Waals surface area contributed by atoms with Crippen molar-refractivity contribution in [2.45, 2.75) is 58.4 Å². The van der Waals surface area contributed by atoms with E-state index in [1.807, 2.05) is 0 Å². The Kier molecular flexibility index (Phi) is 7.82. The number of halogens is 2. The lowest BCUT2D eigenvalue weighted by Gasteiger charge is -2.05. The molecule has 0 spiro atoms. The highest BCUT2D eigenvalue weighted by Gasteiger charge is 2.05. The Morgan fingerprint density at radius 1 is 1.11 bits per heavy atom. The Morgan fingerprint density at radius 3 is 2.39 bits per heavy atom. The van der Waals surface area contributed by atoms with Gasteiger partial charge >= 0.3 is 0 Å². The second kappa shape index (κ2) is 8.86. The minimum absolute atomic E-state index is 0.0599. The van der Waals surface area contributed by atoms with Crippen molar-refractivity contribution in [1.82, 2.24) is 9.78 Å². The van der Waals surface area contributed by atoms with Crippen LogP contribution in [0, 0.1) is 0 Å². The molecule has 1 aromatic heterocycles. The van der Waals surface area contributed by atoms with Crippen LogP contribution in [0.1, 0.15) is 51.9 Å². The van der Waals surface area contributed by atoms with Crippen LogP contribution in [0.25, 0.3) is 0 Å². The second-order valence-corrected chi connectivity index (χ2v) is 6.10. The molecule has 3 nitrogen and oxygen atoms in total. The number of hydrogen-bond acceptors (Lipinski definition) is 2. The summed E-state index contributed by atoms with van der Waals surface area (Å²) in [6.45, 7) is 2.93. The van der Waals surface area contributed by atoms with Gasteiger partial charge in [-0.3, -0.25) is 4.79 Å². The van der Waals surface area contributed by atoms with Gasteiger partial charge in [-0.15, -0.1) is 0 Å². The molecular formula is C13H20Br2N2O. The molecule has 0 unspecified atom stereocenters. The van der Waals surface area contributed by atoms with Gasteiger partial charge in [0.05, 0.1) is 10.7 Å². The number of unbranched alkanes of at least 4 members (excludes halogenated alkanes) is 6. The molecule has 0 atom stereocenters. The Hall–Kier alpha value is -0.160. The van der Waals surface area contributed by atoms with Crippen molar-refractivity contribution in [1.29, 1.82) is 0 Å². The van der Waals surface area contributed by atoms with Gasteiger partial charge in [-0.1, -0.05) is 45.4 Å². The zero-order valence-corrected chi connectivity index (χ0v) is 14.0. The molecule has 5 heteroatoms. The summed E-state index contributed by atoms with van der Waals surface area (Å²) in [5.41, 5.74) is -0.0599. The van der Waals surface area contributed by atoms with E-state index in [4.69, 9.17) is 0 Å². The average molecular weight is 380 g/mol. The standard InChI is InChI=1S/C13H20Br2N2O/c1-2-3-4-5-6-7-8-9-17-13(18)12(15)11(14)10-16-17/h10H,2-9H2,1H3. The summed E-state index contributed by atoms with van der Waals surface area (Å²) in [7, 11) is 0. The van der Waals surface area contributed by atoms with Gasteiger partial charge in [-0.2, -0.15) is 5.10 Å². The quantitative estimate of drug-likeness (QED) is 0.622. The van der Waals surface area contributed by atoms with E-state index < -0.39 is 0 Å². The summed E-state index contributed by atoms with van der Waals surface area (Å²) < 4.78 is 2.80. The summed E-state index contributed by atoms with van der Waals surface area (Å²) in [5, 5.41) is 4.11. The van der Waals surface area contributed by atoms with Gasteiger partial charge in [-0.25, -0.2) is 4.68 Å². The number of hydrogen-bond donors (Lipinski definition) is 0. The lowest BCUT2D eigenvalue weighted by atomic mass is 10.1. The van der Waals surface area contributed by atoms with Crippen molar-refractivity contribution in [3.63, 3.8) is 0 Å². The van der Waals surface area contributed by atoms with Crippen LogP contribution in [-0.2, 0) is 6.54 Å². The maximum atomic E-state index is 11.8. The third-order valence-electron chi connectivity index (χ3n) is 2.92. The average Bonchev–Trinajstić information content (AvgIpc) is 2.37. The first-order valence-electron chi connectivity index (χ1n) is 6.58. The molecule has 102 valence electrons. The normalized spacial score (nSPS) is 10.8. The molecule has 1 heterocycles. The van der Waals surface area contributed by atoms with Gasteiger partial charge in [0, 0.05) is 6.54 Å². The van der Waals surface area contributed by atoms with Crippen molar-refractivity contribution < 1.29 is 0 Å². The maximum absolute atomic E-state index is 11.8. The first-order valence-corrected chi connectivity index (χ1v) is 8.16. The molecule has 0 saturated heterocycles. The van der Waals surface area contributed by atoms with Crippen molar-refractivity contribution in [2.75, 3.05) is 0 Å². The molecule has 0 aliphatic carbocycles. The fraction of sp³-hybridized carbons (Fsp3) is 0.692. The van der Waals surface area contributed by atoms with Gasteiger partial charge in [0.1, 0.15) is 4.47 Å². The van der Waals surface area contributed by atoms with E-state index in [1.54, 1.807) is 6.20 Å². The van der Waals surface area contributed by atoms with Gasteiger partial charge in [0.15, 0.2) is 0 Å². The lowest BCUT2D eigenvalue weighted by Crippen LogP contribution is -2.23. The van der Waals surface area contributed by atoms with Crippen LogP contribution in [0.15, 0.2) is 19.9 Å². The highest BCUT2D eigenvalue weighted by Crippen LogP contribution is 2.16. The Bertz CT molecular complexity index is 418. The van der Waals surface area contributed by atoms with E-state index in [1.165, 1.54) is 43.2 Å². The SMILES string of the molecule is CCCCCCCCCn1ncc(Br)c(Br)c1=O. The molecule has 18 heavy (non-hydrogen) atoms. The van der Waals surface area contributed by atoms with Gasteiger partial charge in [0.25, 0.3) is 5.56 Å². The predicted octanol–water partition coefficient (Wildman–Crippen LogP) is 4.52. The molecular weight excluding hydrogens is 360 g/mol. The zero-order valence-electron chi connectivity index (χ0n) is 10.8. The molecule has 0 bridgehead atoms. The molecule has 0 fully saturated rings. The van der Waals surface area contributed by atoms with Crippen molar-refractivity contribution in [3.8, 4) is 0 Å². The van der Waals surface area contributed by atoms with Crippen molar-refractivity contribution in [2.24, 2.45) is 0 Å². The van der Waals surface area contributed by atoms with Crippen LogP contribution in [0.4, 0.5) is 0 Å². The minimum Gasteiger partial charge on any atom is -0.266 e. The first-order chi connectivity index (χ1) is 8.66. The Balaban J connectivity index is 2.28. The number of aryl methyl sites for hydroxylation is 1. The molecule has 1 rings (SSSR count). The van der Waals surface area contributed by atoms with Crippen LogP contribution in [0.5, 0.6) is 0 Å². The molecule has 0 aliphatic heterocycles.